The van der Waals surface area contributed by atoms with E-state index in [0.29, 0.717) is 11.8 Å². The van der Waals surface area contributed by atoms with E-state index in [2.05, 4.69) is 19.2 Å². The predicted octanol–water partition coefficient (Wildman–Crippen LogP) is 4.05. The van der Waals surface area contributed by atoms with Crippen molar-refractivity contribution in [2.24, 2.45) is 11.8 Å². The molecule has 0 aromatic rings. The molecule has 1 amide bonds. The zero-order valence-corrected chi connectivity index (χ0v) is 11.7. The molecular formula is C14H24F3NO. The highest BCUT2D eigenvalue weighted by Gasteiger charge is 2.29. The maximum Gasteiger partial charge on any atom is 0.389 e. The summed E-state index contributed by atoms with van der Waals surface area (Å²) in [6.45, 7) is 4.42. The summed E-state index contributed by atoms with van der Waals surface area (Å²) >= 11 is 0. The fraction of sp³-hybridized carbons (Fsp3) is 0.929. The Morgan fingerprint density at radius 2 is 1.84 bits per heavy atom. The van der Waals surface area contributed by atoms with Crippen LogP contribution in [-0.4, -0.2) is 18.1 Å². The molecule has 0 spiro atoms. The Bertz CT molecular complexity index is 283. The number of carbonyl (C=O) groups is 1. The van der Waals surface area contributed by atoms with Gasteiger partial charge in [0.2, 0.25) is 5.91 Å². The van der Waals surface area contributed by atoms with E-state index in [1.54, 1.807) is 0 Å². The van der Waals surface area contributed by atoms with Crippen LogP contribution in [-0.2, 0) is 4.79 Å². The molecule has 0 radical (unpaired) electrons. The van der Waals surface area contributed by atoms with E-state index in [4.69, 9.17) is 0 Å². The zero-order valence-electron chi connectivity index (χ0n) is 11.7. The van der Waals surface area contributed by atoms with E-state index in [1.807, 2.05) is 0 Å². The Labute approximate surface area is 113 Å². The van der Waals surface area contributed by atoms with E-state index in [0.717, 1.165) is 32.1 Å². The van der Waals surface area contributed by atoms with Crippen LogP contribution in [0.1, 0.15) is 58.8 Å². The second-order valence-electron chi connectivity index (χ2n) is 5.68. The van der Waals surface area contributed by atoms with Crippen LogP contribution >= 0.6 is 0 Å². The summed E-state index contributed by atoms with van der Waals surface area (Å²) in [6, 6.07) is 0.0704. The fourth-order valence-electron chi connectivity index (χ4n) is 2.72. The van der Waals surface area contributed by atoms with Gasteiger partial charge in [0.25, 0.3) is 0 Å². The van der Waals surface area contributed by atoms with Crippen molar-refractivity contribution in [1.82, 2.24) is 5.32 Å². The molecule has 1 saturated carbocycles. The highest BCUT2D eigenvalue weighted by molar-refractivity contribution is 5.76. The third kappa shape index (κ3) is 6.30. The van der Waals surface area contributed by atoms with Crippen LogP contribution in [0.2, 0.25) is 0 Å². The van der Waals surface area contributed by atoms with Crippen molar-refractivity contribution in [3.63, 3.8) is 0 Å². The number of nitrogens with one attached hydrogen (secondary N) is 1. The first-order valence-corrected chi connectivity index (χ1v) is 7.18. The summed E-state index contributed by atoms with van der Waals surface area (Å²) in [6.07, 6.45) is -0.632. The van der Waals surface area contributed by atoms with Gasteiger partial charge in [-0.3, -0.25) is 4.79 Å². The molecule has 1 atom stereocenters. The molecule has 0 bridgehead atoms. The van der Waals surface area contributed by atoms with Crippen molar-refractivity contribution >= 4 is 5.91 Å². The summed E-state index contributed by atoms with van der Waals surface area (Å²) < 4.78 is 36.0. The molecule has 0 unspecified atom stereocenters. The van der Waals surface area contributed by atoms with E-state index in [1.165, 1.54) is 0 Å². The van der Waals surface area contributed by atoms with Gasteiger partial charge in [-0.2, -0.15) is 13.2 Å². The SMILES string of the molecule is CC[C@@H](C)C1CCC(NC(=O)CCC(F)(F)F)CC1. The zero-order chi connectivity index (χ0) is 14.5. The Hall–Kier alpha value is -0.740. The molecule has 1 N–H and O–H groups in total. The lowest BCUT2D eigenvalue weighted by atomic mass is 9.78. The highest BCUT2D eigenvalue weighted by Crippen LogP contribution is 2.31. The van der Waals surface area contributed by atoms with Crippen molar-refractivity contribution in [2.75, 3.05) is 0 Å². The number of halogens is 3. The molecule has 0 aromatic heterocycles. The number of amides is 1. The molecule has 2 nitrogen and oxygen atoms in total. The van der Waals surface area contributed by atoms with Crippen LogP contribution < -0.4 is 5.32 Å². The molecule has 0 aromatic carbocycles. The fourth-order valence-corrected chi connectivity index (χ4v) is 2.72. The first-order chi connectivity index (χ1) is 8.81. The van der Waals surface area contributed by atoms with Gasteiger partial charge in [0.1, 0.15) is 0 Å². The van der Waals surface area contributed by atoms with E-state index in [-0.39, 0.29) is 6.04 Å². The van der Waals surface area contributed by atoms with Crippen molar-refractivity contribution in [3.8, 4) is 0 Å². The van der Waals surface area contributed by atoms with Gasteiger partial charge in [-0.05, 0) is 37.5 Å². The molecule has 1 fully saturated rings. The quantitative estimate of drug-likeness (QED) is 0.808. The van der Waals surface area contributed by atoms with Gasteiger partial charge in [0, 0.05) is 12.5 Å². The van der Waals surface area contributed by atoms with Gasteiger partial charge in [-0.15, -0.1) is 0 Å². The predicted molar refractivity (Wildman–Crippen MR) is 68.6 cm³/mol. The van der Waals surface area contributed by atoms with Crippen LogP contribution in [0.15, 0.2) is 0 Å². The summed E-state index contributed by atoms with van der Waals surface area (Å²) in [5.41, 5.74) is 0. The minimum atomic E-state index is -4.24. The number of hydrogen-bond acceptors (Lipinski definition) is 1. The van der Waals surface area contributed by atoms with Crippen LogP contribution in [0, 0.1) is 11.8 Å². The molecule has 1 aliphatic carbocycles. The summed E-state index contributed by atoms with van der Waals surface area (Å²) in [4.78, 5) is 11.4. The number of hydrogen-bond donors (Lipinski definition) is 1. The van der Waals surface area contributed by atoms with Crippen molar-refractivity contribution in [2.45, 2.75) is 71.0 Å². The van der Waals surface area contributed by atoms with Gasteiger partial charge in [0.05, 0.1) is 6.42 Å². The average Bonchev–Trinajstić information content (AvgIpc) is 2.35. The summed E-state index contributed by atoms with van der Waals surface area (Å²) in [5.74, 6) is 0.930. The van der Waals surface area contributed by atoms with Crippen LogP contribution in [0.5, 0.6) is 0 Å². The van der Waals surface area contributed by atoms with Gasteiger partial charge in [-0.1, -0.05) is 20.3 Å². The number of alkyl halides is 3. The third-order valence-corrected chi connectivity index (χ3v) is 4.22. The first-order valence-electron chi connectivity index (χ1n) is 7.18. The van der Waals surface area contributed by atoms with Gasteiger partial charge < -0.3 is 5.32 Å². The normalized spacial score (nSPS) is 25.9. The third-order valence-electron chi connectivity index (χ3n) is 4.22. The Morgan fingerprint density at radius 1 is 1.26 bits per heavy atom. The minimum absolute atomic E-state index is 0.0704. The van der Waals surface area contributed by atoms with Crippen molar-refractivity contribution in [1.29, 1.82) is 0 Å². The minimum Gasteiger partial charge on any atom is -0.353 e. The van der Waals surface area contributed by atoms with E-state index in [9.17, 15) is 18.0 Å². The monoisotopic (exact) mass is 279 g/mol. The number of carbonyl (C=O) groups excluding carboxylic acids is 1. The van der Waals surface area contributed by atoms with E-state index < -0.39 is 24.9 Å². The Morgan fingerprint density at radius 3 is 2.32 bits per heavy atom. The first kappa shape index (κ1) is 16.3. The average molecular weight is 279 g/mol. The van der Waals surface area contributed by atoms with Gasteiger partial charge in [-0.25, -0.2) is 0 Å². The Kier molecular flexibility index (Phi) is 6.14. The van der Waals surface area contributed by atoms with Crippen molar-refractivity contribution in [3.05, 3.63) is 0 Å². The molecule has 1 aliphatic rings. The van der Waals surface area contributed by atoms with Gasteiger partial charge >= 0.3 is 6.18 Å². The molecule has 19 heavy (non-hydrogen) atoms. The van der Waals surface area contributed by atoms with Crippen LogP contribution in [0.25, 0.3) is 0 Å². The number of rotatable bonds is 5. The van der Waals surface area contributed by atoms with Crippen molar-refractivity contribution < 1.29 is 18.0 Å². The molecule has 0 saturated heterocycles. The second-order valence-corrected chi connectivity index (χ2v) is 5.68. The maximum atomic E-state index is 12.0. The molecule has 112 valence electrons. The largest absolute Gasteiger partial charge is 0.389 e. The van der Waals surface area contributed by atoms with Crippen LogP contribution in [0.4, 0.5) is 13.2 Å². The standard InChI is InChI=1S/C14H24F3NO/c1-3-10(2)11-4-6-12(7-5-11)18-13(19)8-9-14(15,16)17/h10-12H,3-9H2,1-2H3,(H,18,19)/t10-,11?,12?/m1/s1. The smallest absolute Gasteiger partial charge is 0.353 e. The highest BCUT2D eigenvalue weighted by atomic mass is 19.4. The molecule has 0 heterocycles. The van der Waals surface area contributed by atoms with Gasteiger partial charge in [0.15, 0.2) is 0 Å². The molecular weight excluding hydrogens is 255 g/mol. The lowest BCUT2D eigenvalue weighted by Gasteiger charge is -2.32. The lowest BCUT2D eigenvalue weighted by molar-refractivity contribution is -0.144. The molecule has 5 heteroatoms. The second kappa shape index (κ2) is 7.15. The summed E-state index contributed by atoms with van der Waals surface area (Å²) in [5, 5.41) is 2.73. The molecule has 1 rings (SSSR count). The molecule has 0 aliphatic heterocycles. The van der Waals surface area contributed by atoms with E-state index >= 15 is 0 Å². The maximum absolute atomic E-state index is 12.0. The van der Waals surface area contributed by atoms with Crippen LogP contribution in [0.3, 0.4) is 0 Å². The Balaban J connectivity index is 2.23. The summed E-state index contributed by atoms with van der Waals surface area (Å²) in [7, 11) is 0. The topological polar surface area (TPSA) is 29.1 Å². The lowest BCUT2D eigenvalue weighted by Crippen LogP contribution is -2.38.